The van der Waals surface area contributed by atoms with Crippen LogP contribution in [-0.4, -0.2) is 19.5 Å². The molecule has 3 aliphatic rings. The third-order valence-electron chi connectivity index (χ3n) is 9.81. The Bertz CT molecular complexity index is 1130. The first-order valence-corrected chi connectivity index (χ1v) is 15.2. The van der Waals surface area contributed by atoms with Crippen molar-refractivity contribution < 1.29 is 14.3 Å². The number of benzene rings is 2. The van der Waals surface area contributed by atoms with Crippen LogP contribution in [-0.2, 0) is 11.2 Å². The van der Waals surface area contributed by atoms with Crippen LogP contribution >= 0.6 is 0 Å². The highest BCUT2D eigenvalue weighted by Crippen LogP contribution is 2.61. The molecule has 2 saturated carbocycles. The van der Waals surface area contributed by atoms with Gasteiger partial charge in [-0.2, -0.15) is 0 Å². The number of unbranched alkanes of at least 4 members (excludes halogenated alkanes) is 6. The topological polar surface area (TPSA) is 35.5 Å². The summed E-state index contributed by atoms with van der Waals surface area (Å²) >= 11 is 0. The van der Waals surface area contributed by atoms with E-state index in [0.717, 1.165) is 61.3 Å². The third-order valence-corrected chi connectivity index (χ3v) is 9.81. The monoisotopic (exact) mass is 514 g/mol. The van der Waals surface area contributed by atoms with E-state index in [9.17, 15) is 4.79 Å². The Morgan fingerprint density at radius 1 is 0.947 bits per heavy atom. The predicted molar refractivity (Wildman–Crippen MR) is 156 cm³/mol. The molecule has 3 heteroatoms. The van der Waals surface area contributed by atoms with E-state index in [0.29, 0.717) is 23.5 Å². The SMILES string of the molecule is CCCCCCCCCOc1ccc(/C=C2\C[C@H]3[C@@H]4CCc5cc(OC)ccc5[C@H]4CC[C@]3(C)C2=O)cc1. The Labute approximate surface area is 230 Å². The Hall–Kier alpha value is -2.55. The van der Waals surface area contributed by atoms with Gasteiger partial charge < -0.3 is 9.47 Å². The molecule has 0 spiro atoms. The normalized spacial score (nSPS) is 27.1. The van der Waals surface area contributed by atoms with Crippen LogP contribution in [0.1, 0.15) is 107 Å². The number of allylic oxidation sites excluding steroid dienone is 1. The number of carbonyl (C=O) groups is 1. The number of hydrogen-bond donors (Lipinski definition) is 0. The smallest absolute Gasteiger partial charge is 0.165 e. The summed E-state index contributed by atoms with van der Waals surface area (Å²) < 4.78 is 11.5. The average Bonchev–Trinajstić information content (AvgIpc) is 3.20. The lowest BCUT2D eigenvalue weighted by molar-refractivity contribution is -0.127. The molecule has 0 saturated heterocycles. The van der Waals surface area contributed by atoms with Crippen LogP contribution in [0.25, 0.3) is 6.08 Å². The fourth-order valence-electron chi connectivity index (χ4n) is 7.60. The molecule has 0 unspecified atom stereocenters. The molecule has 4 atom stereocenters. The van der Waals surface area contributed by atoms with Crippen molar-refractivity contribution in [2.75, 3.05) is 13.7 Å². The summed E-state index contributed by atoms with van der Waals surface area (Å²) in [4.78, 5) is 13.7. The quantitative estimate of drug-likeness (QED) is 0.222. The number of fused-ring (bicyclic) bond motifs is 5. The molecular formula is C35H46O3. The molecule has 5 rings (SSSR count). The fraction of sp³-hybridized carbons (Fsp3) is 0.571. The van der Waals surface area contributed by atoms with Crippen molar-refractivity contribution in [2.45, 2.75) is 96.8 Å². The van der Waals surface area contributed by atoms with Crippen molar-refractivity contribution in [1.82, 2.24) is 0 Å². The summed E-state index contributed by atoms with van der Waals surface area (Å²) in [6.45, 7) is 5.29. The number of rotatable bonds is 11. The Kier molecular flexibility index (Phi) is 8.61. The van der Waals surface area contributed by atoms with E-state index >= 15 is 0 Å². The lowest BCUT2D eigenvalue weighted by Crippen LogP contribution is -2.42. The molecule has 0 aromatic heterocycles. The van der Waals surface area contributed by atoms with Crippen LogP contribution in [0.3, 0.4) is 0 Å². The van der Waals surface area contributed by atoms with Gasteiger partial charge in [0.25, 0.3) is 0 Å². The molecule has 0 bridgehead atoms. The van der Waals surface area contributed by atoms with E-state index in [2.05, 4.69) is 62.4 Å². The number of carbonyl (C=O) groups excluding carboxylic acids is 1. The molecule has 2 fully saturated rings. The number of hydrogen-bond acceptors (Lipinski definition) is 3. The van der Waals surface area contributed by atoms with E-state index in [4.69, 9.17) is 9.47 Å². The van der Waals surface area contributed by atoms with Gasteiger partial charge in [0.2, 0.25) is 0 Å². The summed E-state index contributed by atoms with van der Waals surface area (Å²) in [5.41, 5.74) is 4.87. The van der Waals surface area contributed by atoms with Crippen molar-refractivity contribution in [3.63, 3.8) is 0 Å². The molecule has 38 heavy (non-hydrogen) atoms. The molecule has 204 valence electrons. The lowest BCUT2D eigenvalue weighted by atomic mass is 9.55. The van der Waals surface area contributed by atoms with Gasteiger partial charge in [-0.25, -0.2) is 0 Å². The van der Waals surface area contributed by atoms with E-state index in [1.54, 1.807) is 7.11 Å². The number of ketones is 1. The second-order valence-corrected chi connectivity index (χ2v) is 12.2. The highest BCUT2D eigenvalue weighted by molar-refractivity contribution is 6.06. The van der Waals surface area contributed by atoms with Crippen molar-refractivity contribution in [3.8, 4) is 11.5 Å². The van der Waals surface area contributed by atoms with Gasteiger partial charge >= 0.3 is 0 Å². The molecule has 3 aliphatic carbocycles. The minimum atomic E-state index is -0.212. The molecule has 0 heterocycles. The first-order chi connectivity index (χ1) is 18.5. The molecule has 0 aliphatic heterocycles. The van der Waals surface area contributed by atoms with Crippen LogP contribution in [0.5, 0.6) is 11.5 Å². The van der Waals surface area contributed by atoms with Crippen LogP contribution in [0.2, 0.25) is 0 Å². The first kappa shape index (κ1) is 27.0. The fourth-order valence-corrected chi connectivity index (χ4v) is 7.60. The summed E-state index contributed by atoms with van der Waals surface area (Å²) in [5.74, 6) is 3.88. The van der Waals surface area contributed by atoms with Gasteiger partial charge in [0, 0.05) is 5.41 Å². The number of methoxy groups -OCH3 is 1. The van der Waals surface area contributed by atoms with E-state index < -0.39 is 0 Å². The summed E-state index contributed by atoms with van der Waals surface area (Å²) in [6, 6.07) is 15.0. The van der Waals surface area contributed by atoms with Crippen molar-refractivity contribution in [3.05, 3.63) is 64.7 Å². The van der Waals surface area contributed by atoms with Crippen molar-refractivity contribution in [2.24, 2.45) is 17.3 Å². The maximum absolute atomic E-state index is 13.7. The van der Waals surface area contributed by atoms with Crippen molar-refractivity contribution >= 4 is 11.9 Å². The number of ether oxygens (including phenoxy) is 2. The Balaban J connectivity index is 1.20. The van der Waals surface area contributed by atoms with Gasteiger partial charge in [0.05, 0.1) is 13.7 Å². The van der Waals surface area contributed by atoms with Crippen LogP contribution in [0.4, 0.5) is 0 Å². The lowest BCUT2D eigenvalue weighted by Gasteiger charge is -2.48. The third kappa shape index (κ3) is 5.58. The van der Waals surface area contributed by atoms with Gasteiger partial charge in [0.1, 0.15) is 11.5 Å². The Morgan fingerprint density at radius 3 is 2.45 bits per heavy atom. The molecule has 2 aromatic rings. The second kappa shape index (κ2) is 12.1. The second-order valence-electron chi connectivity index (χ2n) is 12.2. The predicted octanol–water partition coefficient (Wildman–Crippen LogP) is 8.94. The van der Waals surface area contributed by atoms with Crippen LogP contribution < -0.4 is 9.47 Å². The summed E-state index contributed by atoms with van der Waals surface area (Å²) in [6.07, 6.45) is 16.5. The zero-order chi connectivity index (χ0) is 26.5. The van der Waals surface area contributed by atoms with Crippen LogP contribution in [0.15, 0.2) is 48.0 Å². The largest absolute Gasteiger partial charge is 0.497 e. The minimum absolute atomic E-state index is 0.212. The van der Waals surface area contributed by atoms with E-state index in [1.165, 1.54) is 56.1 Å². The zero-order valence-electron chi connectivity index (χ0n) is 23.8. The van der Waals surface area contributed by atoms with Gasteiger partial charge in [0.15, 0.2) is 5.78 Å². The first-order valence-electron chi connectivity index (χ1n) is 15.2. The summed E-state index contributed by atoms with van der Waals surface area (Å²) in [7, 11) is 1.75. The maximum Gasteiger partial charge on any atom is 0.165 e. The maximum atomic E-state index is 13.7. The van der Waals surface area contributed by atoms with Gasteiger partial charge in [-0.1, -0.05) is 70.6 Å². The van der Waals surface area contributed by atoms with E-state index in [1.807, 2.05) is 0 Å². The van der Waals surface area contributed by atoms with Crippen molar-refractivity contribution in [1.29, 1.82) is 0 Å². The average molecular weight is 515 g/mol. The molecule has 2 aromatic carbocycles. The van der Waals surface area contributed by atoms with Gasteiger partial charge in [-0.3, -0.25) is 4.79 Å². The highest BCUT2D eigenvalue weighted by atomic mass is 16.5. The molecule has 0 radical (unpaired) electrons. The number of aryl methyl sites for hydroxylation is 1. The molecule has 3 nitrogen and oxygen atoms in total. The summed E-state index contributed by atoms with van der Waals surface area (Å²) in [5, 5.41) is 0. The Morgan fingerprint density at radius 2 is 1.68 bits per heavy atom. The molecular weight excluding hydrogens is 468 g/mol. The van der Waals surface area contributed by atoms with Crippen LogP contribution in [0, 0.1) is 17.3 Å². The van der Waals surface area contributed by atoms with Gasteiger partial charge in [-0.05, 0) is 109 Å². The molecule has 0 N–H and O–H groups in total. The zero-order valence-corrected chi connectivity index (χ0v) is 23.8. The molecule has 0 amide bonds. The highest BCUT2D eigenvalue weighted by Gasteiger charge is 2.56. The van der Waals surface area contributed by atoms with E-state index in [-0.39, 0.29) is 5.41 Å². The number of Topliss-reactive ketones (excluding diaryl/α,β-unsaturated/α-hetero) is 1. The standard InChI is InChI=1S/C35H46O3/c1-4-5-6-7-8-9-10-21-38-28-14-11-25(12-15-28)22-27-24-33-32-17-13-26-23-29(37-3)16-18-30(26)31(32)19-20-35(33,2)34(27)36/h11-12,14-16,18,22-23,31-33H,4-10,13,17,19-21,24H2,1-3H3/b27-22+/t31-,32-,33+,35+/m1/s1. The minimum Gasteiger partial charge on any atom is -0.497 e. The van der Waals surface area contributed by atoms with Gasteiger partial charge in [-0.15, -0.1) is 0 Å².